The summed E-state index contributed by atoms with van der Waals surface area (Å²) in [6.07, 6.45) is 0. The molecule has 3 amide bonds. The number of hydrazine groups is 1. The summed E-state index contributed by atoms with van der Waals surface area (Å²) in [7, 11) is 0. The van der Waals surface area contributed by atoms with Crippen LogP contribution in [0.1, 0.15) is 15.9 Å². The van der Waals surface area contributed by atoms with E-state index >= 15 is 0 Å². The largest absolute Gasteiger partial charge is 0.333 e. The zero-order valence-electron chi connectivity index (χ0n) is 11.4. The van der Waals surface area contributed by atoms with E-state index in [0.717, 1.165) is 5.56 Å². The summed E-state index contributed by atoms with van der Waals surface area (Å²) >= 11 is 11.8. The van der Waals surface area contributed by atoms with E-state index in [1.807, 2.05) is 0 Å². The first kappa shape index (κ1) is 16.1. The van der Waals surface area contributed by atoms with Gasteiger partial charge < -0.3 is 5.32 Å². The minimum Gasteiger partial charge on any atom is -0.333 e. The average molecular weight is 338 g/mol. The highest BCUT2D eigenvalue weighted by atomic mass is 35.5. The molecule has 0 aliphatic heterocycles. The predicted molar refractivity (Wildman–Crippen MR) is 85.7 cm³/mol. The third-order valence-corrected chi connectivity index (χ3v) is 3.37. The van der Waals surface area contributed by atoms with Gasteiger partial charge >= 0.3 is 6.03 Å². The van der Waals surface area contributed by atoms with Gasteiger partial charge in [0.2, 0.25) is 0 Å². The van der Waals surface area contributed by atoms with Crippen molar-refractivity contribution < 1.29 is 9.59 Å². The zero-order chi connectivity index (χ0) is 15.9. The van der Waals surface area contributed by atoms with Crippen molar-refractivity contribution in [3.63, 3.8) is 0 Å². The van der Waals surface area contributed by atoms with Crippen molar-refractivity contribution in [2.45, 2.75) is 6.54 Å². The van der Waals surface area contributed by atoms with E-state index in [1.54, 1.807) is 48.5 Å². The standard InChI is InChI=1S/C15H13Cl2N3O2/c16-12-7-6-11(13(17)8-12)9-18-15(22)20-19-14(21)10-4-2-1-3-5-10/h1-8H,9H2,(H,19,21)(H2,18,20,22). The summed E-state index contributed by atoms with van der Waals surface area (Å²) in [4.78, 5) is 23.3. The number of hydrogen-bond donors (Lipinski definition) is 3. The SMILES string of the molecule is O=C(NCc1ccc(Cl)cc1Cl)NNC(=O)c1ccccc1. The van der Waals surface area contributed by atoms with Gasteiger partial charge in [-0.1, -0.05) is 47.5 Å². The van der Waals surface area contributed by atoms with Gasteiger partial charge in [0.05, 0.1) is 0 Å². The van der Waals surface area contributed by atoms with Crippen LogP contribution in [-0.2, 0) is 6.54 Å². The van der Waals surface area contributed by atoms with Crippen LogP contribution in [0.15, 0.2) is 48.5 Å². The van der Waals surface area contributed by atoms with Crippen LogP contribution in [0, 0.1) is 0 Å². The first-order valence-electron chi connectivity index (χ1n) is 6.39. The van der Waals surface area contributed by atoms with E-state index in [1.165, 1.54) is 0 Å². The Labute approximate surface area is 137 Å². The zero-order valence-corrected chi connectivity index (χ0v) is 12.9. The summed E-state index contributed by atoms with van der Waals surface area (Å²) in [6, 6.07) is 13.0. The Balaban J connectivity index is 1.80. The number of halogens is 2. The third-order valence-electron chi connectivity index (χ3n) is 2.78. The molecule has 0 aliphatic rings. The Morgan fingerprint density at radius 2 is 1.68 bits per heavy atom. The fourth-order valence-corrected chi connectivity index (χ4v) is 2.14. The van der Waals surface area contributed by atoms with Gasteiger partial charge in [0.15, 0.2) is 0 Å². The summed E-state index contributed by atoms with van der Waals surface area (Å²) in [5.41, 5.74) is 5.73. The number of rotatable bonds is 3. The monoisotopic (exact) mass is 337 g/mol. The molecule has 0 bridgehead atoms. The van der Waals surface area contributed by atoms with E-state index < -0.39 is 11.9 Å². The van der Waals surface area contributed by atoms with Gasteiger partial charge in [0, 0.05) is 22.2 Å². The second-order valence-corrected chi connectivity index (χ2v) is 5.21. The van der Waals surface area contributed by atoms with Crippen LogP contribution in [0.3, 0.4) is 0 Å². The summed E-state index contributed by atoms with van der Waals surface area (Å²) < 4.78 is 0. The van der Waals surface area contributed by atoms with Crippen LogP contribution in [0.2, 0.25) is 10.0 Å². The second kappa shape index (κ2) is 7.68. The molecule has 0 saturated carbocycles. The molecule has 0 radical (unpaired) electrons. The Hall–Kier alpha value is -2.24. The molecule has 5 nitrogen and oxygen atoms in total. The highest BCUT2D eigenvalue weighted by Gasteiger charge is 2.07. The molecular weight excluding hydrogens is 325 g/mol. The van der Waals surface area contributed by atoms with E-state index in [2.05, 4.69) is 16.2 Å². The number of carbonyl (C=O) groups excluding carboxylic acids is 2. The van der Waals surface area contributed by atoms with E-state index in [9.17, 15) is 9.59 Å². The maximum absolute atomic E-state index is 11.7. The predicted octanol–water partition coefficient (Wildman–Crippen LogP) is 3.14. The van der Waals surface area contributed by atoms with Crippen LogP contribution in [-0.4, -0.2) is 11.9 Å². The lowest BCUT2D eigenvalue weighted by atomic mass is 10.2. The summed E-state index contributed by atoms with van der Waals surface area (Å²) in [5, 5.41) is 3.55. The van der Waals surface area contributed by atoms with Gasteiger partial charge in [-0.05, 0) is 29.8 Å². The van der Waals surface area contributed by atoms with Crippen molar-refractivity contribution in [1.82, 2.24) is 16.2 Å². The van der Waals surface area contributed by atoms with Gasteiger partial charge in [-0.25, -0.2) is 10.2 Å². The molecule has 0 heterocycles. The molecule has 2 aromatic rings. The highest BCUT2D eigenvalue weighted by Crippen LogP contribution is 2.20. The molecule has 0 aliphatic carbocycles. The Kier molecular flexibility index (Phi) is 5.63. The van der Waals surface area contributed by atoms with E-state index in [0.29, 0.717) is 15.6 Å². The van der Waals surface area contributed by atoms with Crippen LogP contribution in [0.4, 0.5) is 4.79 Å². The van der Waals surface area contributed by atoms with Crippen molar-refractivity contribution in [2.75, 3.05) is 0 Å². The second-order valence-electron chi connectivity index (χ2n) is 4.36. The van der Waals surface area contributed by atoms with Crippen molar-refractivity contribution in [3.05, 3.63) is 69.7 Å². The molecule has 0 unspecified atom stereocenters. The fraction of sp³-hybridized carbons (Fsp3) is 0.0667. The van der Waals surface area contributed by atoms with Crippen molar-refractivity contribution in [1.29, 1.82) is 0 Å². The fourth-order valence-electron chi connectivity index (χ4n) is 1.66. The molecule has 22 heavy (non-hydrogen) atoms. The Morgan fingerprint density at radius 3 is 2.36 bits per heavy atom. The molecule has 2 aromatic carbocycles. The lowest BCUT2D eigenvalue weighted by Gasteiger charge is -2.10. The molecule has 7 heteroatoms. The minimum absolute atomic E-state index is 0.211. The van der Waals surface area contributed by atoms with Crippen molar-refractivity contribution in [3.8, 4) is 0 Å². The topological polar surface area (TPSA) is 70.2 Å². The number of benzene rings is 2. The molecule has 2 rings (SSSR count). The Bertz CT molecular complexity index is 678. The molecule has 114 valence electrons. The normalized spacial score (nSPS) is 9.91. The van der Waals surface area contributed by atoms with Crippen LogP contribution in [0.5, 0.6) is 0 Å². The number of amides is 3. The van der Waals surface area contributed by atoms with Crippen LogP contribution in [0.25, 0.3) is 0 Å². The van der Waals surface area contributed by atoms with Crippen molar-refractivity contribution in [2.24, 2.45) is 0 Å². The maximum Gasteiger partial charge on any atom is 0.333 e. The lowest BCUT2D eigenvalue weighted by Crippen LogP contribution is -2.46. The van der Waals surface area contributed by atoms with E-state index in [-0.39, 0.29) is 6.54 Å². The quantitative estimate of drug-likeness (QED) is 0.753. The molecule has 0 aromatic heterocycles. The third kappa shape index (κ3) is 4.65. The molecule has 0 atom stereocenters. The van der Waals surface area contributed by atoms with Gasteiger partial charge in [-0.15, -0.1) is 0 Å². The first-order chi connectivity index (χ1) is 10.6. The first-order valence-corrected chi connectivity index (χ1v) is 7.15. The van der Waals surface area contributed by atoms with Gasteiger partial charge in [0.1, 0.15) is 0 Å². The highest BCUT2D eigenvalue weighted by molar-refractivity contribution is 6.35. The number of carbonyl (C=O) groups is 2. The maximum atomic E-state index is 11.7. The van der Waals surface area contributed by atoms with Gasteiger partial charge in [0.25, 0.3) is 5.91 Å². The van der Waals surface area contributed by atoms with Crippen molar-refractivity contribution >= 4 is 35.1 Å². The number of nitrogens with one attached hydrogen (secondary N) is 3. The Morgan fingerprint density at radius 1 is 0.955 bits per heavy atom. The molecular formula is C15H13Cl2N3O2. The molecule has 0 spiro atoms. The summed E-state index contributed by atoms with van der Waals surface area (Å²) in [5.74, 6) is -0.403. The summed E-state index contributed by atoms with van der Waals surface area (Å²) in [6.45, 7) is 0.211. The minimum atomic E-state index is -0.546. The number of urea groups is 1. The molecule has 0 fully saturated rings. The van der Waals surface area contributed by atoms with Crippen LogP contribution < -0.4 is 16.2 Å². The number of hydrogen-bond acceptors (Lipinski definition) is 2. The van der Waals surface area contributed by atoms with Gasteiger partial charge in [-0.2, -0.15) is 0 Å². The van der Waals surface area contributed by atoms with Gasteiger partial charge in [-0.3, -0.25) is 10.2 Å². The lowest BCUT2D eigenvalue weighted by molar-refractivity contribution is 0.0936. The smallest absolute Gasteiger partial charge is 0.333 e. The molecule has 3 N–H and O–H groups in total. The molecule has 0 saturated heterocycles. The van der Waals surface area contributed by atoms with E-state index in [4.69, 9.17) is 23.2 Å². The average Bonchev–Trinajstić information content (AvgIpc) is 2.52. The van der Waals surface area contributed by atoms with Crippen LogP contribution >= 0.6 is 23.2 Å².